The molecule has 0 aromatic carbocycles. The van der Waals surface area contributed by atoms with Crippen LogP contribution in [0.3, 0.4) is 0 Å². The van der Waals surface area contributed by atoms with Gasteiger partial charge in [-0.3, -0.25) is 4.98 Å². The van der Waals surface area contributed by atoms with E-state index < -0.39 is 0 Å². The van der Waals surface area contributed by atoms with Gasteiger partial charge in [0.2, 0.25) is 0 Å². The Morgan fingerprint density at radius 1 is 1.30 bits per heavy atom. The van der Waals surface area contributed by atoms with E-state index in [1.54, 1.807) is 0 Å². The van der Waals surface area contributed by atoms with Crippen molar-refractivity contribution in [2.75, 3.05) is 0 Å². The number of allylic oxidation sites excluding steroid dienone is 3. The number of aromatic nitrogens is 1. The molecule has 106 valence electrons. The van der Waals surface area contributed by atoms with E-state index >= 15 is 0 Å². The van der Waals surface area contributed by atoms with Crippen LogP contribution in [0.2, 0.25) is 0 Å². The molecule has 0 aliphatic rings. The molecule has 0 saturated carbocycles. The second-order valence-corrected chi connectivity index (χ2v) is 6.07. The summed E-state index contributed by atoms with van der Waals surface area (Å²) in [4.78, 5) is 5.62. The van der Waals surface area contributed by atoms with Crippen molar-refractivity contribution < 1.29 is 0 Å². The first-order valence-electron chi connectivity index (χ1n) is 7.46. The van der Waals surface area contributed by atoms with E-state index in [0.29, 0.717) is 0 Å². The summed E-state index contributed by atoms with van der Waals surface area (Å²) in [5, 5.41) is 1.35. The van der Waals surface area contributed by atoms with Gasteiger partial charge in [-0.05, 0) is 44.4 Å². The summed E-state index contributed by atoms with van der Waals surface area (Å²) in [6.45, 7) is 6.50. The third kappa shape index (κ3) is 3.18. The molecule has 2 heteroatoms. The maximum absolute atomic E-state index is 4.25. The zero-order chi connectivity index (χ0) is 14.4. The predicted molar refractivity (Wildman–Crippen MR) is 92.1 cm³/mol. The van der Waals surface area contributed by atoms with Gasteiger partial charge in [-0.15, -0.1) is 11.3 Å². The molecule has 0 amide bonds. The Kier molecular flexibility index (Phi) is 5.54. The van der Waals surface area contributed by atoms with Crippen LogP contribution in [-0.2, 0) is 0 Å². The lowest BCUT2D eigenvalue weighted by Crippen LogP contribution is -1.87. The van der Waals surface area contributed by atoms with Crippen LogP contribution in [0, 0.1) is 0 Å². The topological polar surface area (TPSA) is 12.9 Å². The molecule has 0 aliphatic carbocycles. The summed E-state index contributed by atoms with van der Waals surface area (Å²) in [6.07, 6.45) is 15.5. The first-order valence-corrected chi connectivity index (χ1v) is 8.28. The highest BCUT2D eigenvalue weighted by Crippen LogP contribution is 2.38. The monoisotopic (exact) mass is 285 g/mol. The summed E-state index contributed by atoms with van der Waals surface area (Å²) >= 11 is 1.84. The Balaban J connectivity index is 2.46. The van der Waals surface area contributed by atoms with Crippen LogP contribution >= 0.6 is 11.3 Å². The van der Waals surface area contributed by atoms with Gasteiger partial charge >= 0.3 is 0 Å². The van der Waals surface area contributed by atoms with Gasteiger partial charge in [0.25, 0.3) is 0 Å². The smallest absolute Gasteiger partial charge is 0.0538 e. The third-order valence-electron chi connectivity index (χ3n) is 3.56. The molecule has 0 N–H and O–H groups in total. The first kappa shape index (κ1) is 15.0. The van der Waals surface area contributed by atoms with E-state index in [9.17, 15) is 0 Å². The van der Waals surface area contributed by atoms with Crippen molar-refractivity contribution in [2.24, 2.45) is 0 Å². The lowest BCUT2D eigenvalue weighted by atomic mass is 9.97. The van der Waals surface area contributed by atoms with E-state index in [1.807, 2.05) is 23.7 Å². The summed E-state index contributed by atoms with van der Waals surface area (Å²) in [5.41, 5.74) is 2.90. The summed E-state index contributed by atoms with van der Waals surface area (Å²) < 4.78 is 1.28. The molecule has 0 atom stereocenters. The highest BCUT2D eigenvalue weighted by Gasteiger charge is 2.13. The van der Waals surface area contributed by atoms with Crippen molar-refractivity contribution in [3.8, 4) is 0 Å². The SMILES string of the molecule is CC=Cc1sc2cnccc2c1C(=CC)CCCCC. The number of fused-ring (bicyclic) bond motifs is 1. The zero-order valence-corrected chi connectivity index (χ0v) is 13.5. The number of nitrogens with zero attached hydrogens (tertiary/aromatic N) is 1. The summed E-state index contributed by atoms with van der Waals surface area (Å²) in [7, 11) is 0. The van der Waals surface area contributed by atoms with Crippen LogP contribution in [0.1, 0.15) is 56.9 Å². The molecule has 0 unspecified atom stereocenters. The Bertz CT molecular complexity index is 619. The van der Waals surface area contributed by atoms with Gasteiger partial charge in [-0.2, -0.15) is 0 Å². The van der Waals surface area contributed by atoms with Gasteiger partial charge in [-0.1, -0.05) is 31.9 Å². The first-order chi connectivity index (χ1) is 9.81. The van der Waals surface area contributed by atoms with Gasteiger partial charge in [0, 0.05) is 28.2 Å². The average Bonchev–Trinajstić information content (AvgIpc) is 2.82. The molecular formula is C18H23NS. The molecule has 20 heavy (non-hydrogen) atoms. The van der Waals surface area contributed by atoms with Gasteiger partial charge in [0.1, 0.15) is 0 Å². The molecule has 2 rings (SSSR count). The fraction of sp³-hybridized carbons (Fsp3) is 0.389. The molecule has 1 nitrogen and oxygen atoms in total. The van der Waals surface area contributed by atoms with Crippen LogP contribution in [0.4, 0.5) is 0 Å². The average molecular weight is 285 g/mol. The molecule has 0 radical (unpaired) electrons. The normalized spacial score (nSPS) is 12.7. The minimum absolute atomic E-state index is 1.17. The quantitative estimate of drug-likeness (QED) is 0.566. The maximum atomic E-state index is 4.25. The van der Waals surface area contributed by atoms with Gasteiger partial charge in [0.05, 0.1) is 4.70 Å². The van der Waals surface area contributed by atoms with Crippen LogP contribution in [0.5, 0.6) is 0 Å². The molecule has 0 spiro atoms. The molecule has 0 bridgehead atoms. The second kappa shape index (κ2) is 7.39. The van der Waals surface area contributed by atoms with Crippen LogP contribution in [-0.4, -0.2) is 4.98 Å². The highest BCUT2D eigenvalue weighted by atomic mass is 32.1. The van der Waals surface area contributed by atoms with E-state index in [0.717, 1.165) is 0 Å². The molecule has 0 aliphatic heterocycles. The van der Waals surface area contributed by atoms with Crippen molar-refractivity contribution >= 4 is 33.1 Å². The van der Waals surface area contributed by atoms with Crippen molar-refractivity contribution in [1.82, 2.24) is 4.98 Å². The zero-order valence-electron chi connectivity index (χ0n) is 12.6. The minimum atomic E-state index is 1.17. The number of hydrogen-bond acceptors (Lipinski definition) is 2. The van der Waals surface area contributed by atoms with Gasteiger partial charge in [-0.25, -0.2) is 0 Å². The lowest BCUT2D eigenvalue weighted by molar-refractivity contribution is 0.735. The minimum Gasteiger partial charge on any atom is -0.263 e. The number of hydrogen-bond donors (Lipinski definition) is 0. The van der Waals surface area contributed by atoms with E-state index in [2.05, 4.69) is 50.0 Å². The van der Waals surface area contributed by atoms with Crippen molar-refractivity contribution in [3.63, 3.8) is 0 Å². The number of pyridine rings is 1. The number of unbranched alkanes of at least 4 members (excludes halogenated alkanes) is 2. The standard InChI is InChI=1S/C18H23NS/c1-4-7-8-10-14(6-3)18-15-11-12-19-13-17(15)20-16(18)9-5-2/h5-6,9,11-13H,4,7-8,10H2,1-3H3. The summed E-state index contributed by atoms with van der Waals surface area (Å²) in [6, 6.07) is 2.15. The predicted octanol–water partition coefficient (Wildman–Crippen LogP) is 6.31. The fourth-order valence-corrected chi connectivity index (χ4v) is 3.73. The molecule has 0 fully saturated rings. The van der Waals surface area contributed by atoms with Crippen LogP contribution in [0.25, 0.3) is 21.7 Å². The molecular weight excluding hydrogens is 262 g/mol. The Morgan fingerprint density at radius 3 is 2.85 bits per heavy atom. The molecule has 2 heterocycles. The second-order valence-electron chi connectivity index (χ2n) is 4.98. The largest absolute Gasteiger partial charge is 0.263 e. The third-order valence-corrected chi connectivity index (χ3v) is 4.66. The molecule has 2 aromatic rings. The van der Waals surface area contributed by atoms with Gasteiger partial charge < -0.3 is 0 Å². The van der Waals surface area contributed by atoms with Crippen LogP contribution in [0.15, 0.2) is 30.6 Å². The summed E-state index contributed by atoms with van der Waals surface area (Å²) in [5.74, 6) is 0. The fourth-order valence-electron chi connectivity index (χ4n) is 2.55. The molecule has 0 saturated heterocycles. The van der Waals surface area contributed by atoms with Crippen molar-refractivity contribution in [1.29, 1.82) is 0 Å². The van der Waals surface area contributed by atoms with Crippen LogP contribution < -0.4 is 0 Å². The van der Waals surface area contributed by atoms with Crippen molar-refractivity contribution in [2.45, 2.75) is 46.5 Å². The number of rotatable bonds is 6. The highest BCUT2D eigenvalue weighted by molar-refractivity contribution is 7.20. The molecule has 2 aromatic heterocycles. The van der Waals surface area contributed by atoms with E-state index in [-0.39, 0.29) is 0 Å². The van der Waals surface area contributed by atoms with E-state index in [4.69, 9.17) is 0 Å². The Labute approximate surface area is 126 Å². The Morgan fingerprint density at radius 2 is 2.15 bits per heavy atom. The lowest BCUT2D eigenvalue weighted by Gasteiger charge is -2.08. The maximum Gasteiger partial charge on any atom is 0.0538 e. The van der Waals surface area contributed by atoms with Crippen molar-refractivity contribution in [3.05, 3.63) is 41.1 Å². The van der Waals surface area contributed by atoms with E-state index in [1.165, 1.54) is 51.8 Å². The van der Waals surface area contributed by atoms with Gasteiger partial charge in [0.15, 0.2) is 0 Å². The number of thiophene rings is 1. The Hall–Kier alpha value is -1.41.